The fraction of sp³-hybridized carbons (Fsp3) is 0.286. The van der Waals surface area contributed by atoms with Crippen molar-refractivity contribution < 1.29 is 14.3 Å². The third-order valence-electron chi connectivity index (χ3n) is 2.35. The van der Waals surface area contributed by atoms with Crippen LogP contribution in [0.3, 0.4) is 0 Å². The van der Waals surface area contributed by atoms with Crippen molar-refractivity contribution in [3.63, 3.8) is 0 Å². The van der Waals surface area contributed by atoms with E-state index >= 15 is 0 Å². The number of rotatable bonds is 6. The van der Waals surface area contributed by atoms with Crippen LogP contribution >= 0.6 is 0 Å². The normalized spacial score (nSPS) is 10.2. The molecule has 102 valence electrons. The summed E-state index contributed by atoms with van der Waals surface area (Å²) in [7, 11) is 1.58. The number of methoxy groups -OCH3 is 1. The minimum absolute atomic E-state index is 0.112. The van der Waals surface area contributed by atoms with E-state index in [4.69, 9.17) is 4.74 Å². The van der Waals surface area contributed by atoms with Crippen LogP contribution in [0.1, 0.15) is 12.5 Å². The van der Waals surface area contributed by atoms with Crippen molar-refractivity contribution in [1.29, 1.82) is 0 Å². The van der Waals surface area contributed by atoms with E-state index in [-0.39, 0.29) is 11.8 Å². The molecule has 2 N–H and O–H groups in total. The molecule has 5 nitrogen and oxygen atoms in total. The molecule has 2 amide bonds. The zero-order valence-electron chi connectivity index (χ0n) is 11.1. The minimum Gasteiger partial charge on any atom is -0.496 e. The smallest absolute Gasteiger partial charge is 0.244 e. The van der Waals surface area contributed by atoms with E-state index in [1.807, 2.05) is 24.3 Å². The number of nitrogens with one attached hydrogen (secondary N) is 2. The number of para-hydroxylation sites is 1. The zero-order valence-corrected chi connectivity index (χ0v) is 11.1. The molecule has 0 aliphatic heterocycles. The Morgan fingerprint density at radius 3 is 2.58 bits per heavy atom. The maximum Gasteiger partial charge on any atom is 0.244 e. The van der Waals surface area contributed by atoms with Crippen LogP contribution in [0.2, 0.25) is 0 Å². The molecule has 0 heterocycles. The Morgan fingerprint density at radius 2 is 1.89 bits per heavy atom. The average Bonchev–Trinajstić information content (AvgIpc) is 2.41. The van der Waals surface area contributed by atoms with Gasteiger partial charge in [-0.25, -0.2) is 0 Å². The third-order valence-corrected chi connectivity index (χ3v) is 2.35. The summed E-state index contributed by atoms with van der Waals surface area (Å²) in [5.41, 5.74) is 0.835. The molecule has 1 rings (SSSR count). The molecule has 0 aliphatic rings. The van der Waals surface area contributed by atoms with E-state index in [0.717, 1.165) is 5.56 Å². The Labute approximate surface area is 112 Å². The van der Waals surface area contributed by atoms with Gasteiger partial charge in [0.15, 0.2) is 0 Å². The predicted molar refractivity (Wildman–Crippen MR) is 73.7 cm³/mol. The van der Waals surface area contributed by atoms with Crippen molar-refractivity contribution in [3.8, 4) is 5.75 Å². The van der Waals surface area contributed by atoms with Crippen molar-refractivity contribution in [2.24, 2.45) is 0 Å². The molecule has 0 aromatic heterocycles. The summed E-state index contributed by atoms with van der Waals surface area (Å²) in [6, 6.07) is 7.43. The molecule has 0 spiro atoms. The van der Waals surface area contributed by atoms with Crippen LogP contribution in [0.15, 0.2) is 30.3 Å². The van der Waals surface area contributed by atoms with Crippen LogP contribution in [-0.2, 0) is 9.59 Å². The summed E-state index contributed by atoms with van der Waals surface area (Å²) < 4.78 is 5.17. The van der Waals surface area contributed by atoms with Gasteiger partial charge in [0.1, 0.15) is 5.75 Å². The lowest BCUT2D eigenvalue weighted by atomic mass is 10.2. The number of hydrogen-bond acceptors (Lipinski definition) is 3. The molecule has 0 unspecified atom stereocenters. The standard InChI is InChI=1S/C14H18N2O3/c1-11(17)15-9-10-16-14(18)8-7-12-5-3-4-6-13(12)19-2/h3-8H,9-10H2,1-2H3,(H,15,17)(H,16,18). The maximum absolute atomic E-state index is 11.5. The summed E-state index contributed by atoms with van der Waals surface area (Å²) in [5.74, 6) is 0.389. The lowest BCUT2D eigenvalue weighted by Gasteiger charge is -2.04. The largest absolute Gasteiger partial charge is 0.496 e. The molecule has 0 atom stereocenters. The van der Waals surface area contributed by atoms with Crippen LogP contribution in [0.25, 0.3) is 6.08 Å². The van der Waals surface area contributed by atoms with Crippen LogP contribution in [0, 0.1) is 0 Å². The summed E-state index contributed by atoms with van der Waals surface area (Å²) in [4.78, 5) is 22.1. The van der Waals surface area contributed by atoms with Gasteiger partial charge in [-0.1, -0.05) is 18.2 Å². The van der Waals surface area contributed by atoms with E-state index in [9.17, 15) is 9.59 Å². The Balaban J connectivity index is 2.43. The van der Waals surface area contributed by atoms with Gasteiger partial charge in [0, 0.05) is 31.7 Å². The second-order valence-electron chi connectivity index (χ2n) is 3.85. The highest BCUT2D eigenvalue weighted by molar-refractivity contribution is 5.92. The van der Waals surface area contributed by atoms with Crippen LogP contribution < -0.4 is 15.4 Å². The number of hydrogen-bond donors (Lipinski definition) is 2. The Morgan fingerprint density at radius 1 is 1.21 bits per heavy atom. The first kappa shape index (κ1) is 14.8. The van der Waals surface area contributed by atoms with Gasteiger partial charge in [0.25, 0.3) is 0 Å². The number of amides is 2. The van der Waals surface area contributed by atoms with Gasteiger partial charge in [0.05, 0.1) is 7.11 Å². The van der Waals surface area contributed by atoms with E-state index in [0.29, 0.717) is 18.8 Å². The molecule has 0 fully saturated rings. The Hall–Kier alpha value is -2.30. The highest BCUT2D eigenvalue weighted by Crippen LogP contribution is 2.18. The molecule has 0 radical (unpaired) electrons. The Kier molecular flexibility index (Phi) is 6.15. The van der Waals surface area contributed by atoms with Gasteiger partial charge in [-0.2, -0.15) is 0 Å². The molecule has 1 aromatic rings. The van der Waals surface area contributed by atoms with Gasteiger partial charge in [-0.05, 0) is 12.1 Å². The van der Waals surface area contributed by atoms with Gasteiger partial charge < -0.3 is 15.4 Å². The highest BCUT2D eigenvalue weighted by atomic mass is 16.5. The zero-order chi connectivity index (χ0) is 14.1. The molecule has 19 heavy (non-hydrogen) atoms. The molecular formula is C14H18N2O3. The molecule has 1 aromatic carbocycles. The molecule has 0 bridgehead atoms. The first-order chi connectivity index (χ1) is 9.13. The Bertz CT molecular complexity index is 470. The molecule has 0 saturated carbocycles. The average molecular weight is 262 g/mol. The van der Waals surface area contributed by atoms with Gasteiger partial charge in [-0.15, -0.1) is 0 Å². The van der Waals surface area contributed by atoms with Crippen LogP contribution in [-0.4, -0.2) is 32.0 Å². The third kappa shape index (κ3) is 5.72. The van der Waals surface area contributed by atoms with Gasteiger partial charge in [-0.3, -0.25) is 9.59 Å². The fourth-order valence-corrected chi connectivity index (χ4v) is 1.45. The highest BCUT2D eigenvalue weighted by Gasteiger charge is 1.99. The van der Waals surface area contributed by atoms with E-state index in [2.05, 4.69) is 10.6 Å². The molecule has 5 heteroatoms. The fourth-order valence-electron chi connectivity index (χ4n) is 1.45. The number of carbonyl (C=O) groups is 2. The minimum atomic E-state index is -0.212. The van der Waals surface area contributed by atoms with Gasteiger partial charge >= 0.3 is 0 Å². The maximum atomic E-state index is 11.5. The summed E-state index contributed by atoms with van der Waals surface area (Å²) >= 11 is 0. The number of carbonyl (C=O) groups excluding carboxylic acids is 2. The van der Waals surface area contributed by atoms with E-state index < -0.39 is 0 Å². The summed E-state index contributed by atoms with van der Waals surface area (Å²) in [6.07, 6.45) is 3.12. The molecular weight excluding hydrogens is 244 g/mol. The van der Waals surface area contributed by atoms with Crippen molar-refractivity contribution in [3.05, 3.63) is 35.9 Å². The monoisotopic (exact) mass is 262 g/mol. The van der Waals surface area contributed by atoms with Crippen LogP contribution in [0.4, 0.5) is 0 Å². The number of benzene rings is 1. The van der Waals surface area contributed by atoms with Crippen molar-refractivity contribution >= 4 is 17.9 Å². The topological polar surface area (TPSA) is 67.4 Å². The first-order valence-corrected chi connectivity index (χ1v) is 5.97. The SMILES string of the molecule is COc1ccccc1C=CC(=O)NCCNC(C)=O. The molecule has 0 aliphatic carbocycles. The van der Waals surface area contributed by atoms with Crippen molar-refractivity contribution in [1.82, 2.24) is 10.6 Å². The lowest BCUT2D eigenvalue weighted by molar-refractivity contribution is -0.119. The quantitative estimate of drug-likeness (QED) is 0.593. The van der Waals surface area contributed by atoms with Gasteiger partial charge in [0.2, 0.25) is 11.8 Å². The predicted octanol–water partition coefficient (Wildman–Crippen LogP) is 0.961. The van der Waals surface area contributed by atoms with Crippen molar-refractivity contribution in [2.75, 3.05) is 20.2 Å². The lowest BCUT2D eigenvalue weighted by Crippen LogP contribution is -2.32. The number of ether oxygens (including phenoxy) is 1. The van der Waals surface area contributed by atoms with E-state index in [1.54, 1.807) is 13.2 Å². The van der Waals surface area contributed by atoms with Crippen molar-refractivity contribution in [2.45, 2.75) is 6.92 Å². The second kappa shape index (κ2) is 7.92. The van der Waals surface area contributed by atoms with E-state index in [1.165, 1.54) is 13.0 Å². The summed E-state index contributed by atoms with van der Waals surface area (Å²) in [6.45, 7) is 2.25. The molecule has 0 saturated heterocycles. The first-order valence-electron chi connectivity index (χ1n) is 5.97. The second-order valence-corrected chi connectivity index (χ2v) is 3.85. The van der Waals surface area contributed by atoms with Crippen LogP contribution in [0.5, 0.6) is 5.75 Å². The summed E-state index contributed by atoms with van der Waals surface area (Å²) in [5, 5.41) is 5.26.